The van der Waals surface area contributed by atoms with Gasteiger partial charge in [0.25, 0.3) is 0 Å². The van der Waals surface area contributed by atoms with Crippen LogP contribution in [0.25, 0.3) is 0 Å². The molecule has 0 aliphatic heterocycles. The van der Waals surface area contributed by atoms with E-state index in [2.05, 4.69) is 28.6 Å². The van der Waals surface area contributed by atoms with Crippen molar-refractivity contribution in [2.24, 2.45) is 7.05 Å². The minimum Gasteiger partial charge on any atom is -0.313 e. The zero-order valence-corrected chi connectivity index (χ0v) is 9.72. The Hall–Kier alpha value is -1.62. The summed E-state index contributed by atoms with van der Waals surface area (Å²) < 4.78 is 3.72. The molecular weight excluding hydrogens is 202 g/mol. The number of rotatable bonds is 5. The summed E-state index contributed by atoms with van der Waals surface area (Å²) in [6.45, 7) is 4.68. The van der Waals surface area contributed by atoms with E-state index in [1.807, 2.05) is 30.2 Å². The van der Waals surface area contributed by atoms with Crippen molar-refractivity contribution in [1.82, 2.24) is 24.9 Å². The molecule has 0 aliphatic carbocycles. The summed E-state index contributed by atoms with van der Waals surface area (Å²) in [5, 5.41) is 11.9. The van der Waals surface area contributed by atoms with Gasteiger partial charge >= 0.3 is 0 Å². The van der Waals surface area contributed by atoms with Gasteiger partial charge in [-0.1, -0.05) is 6.92 Å². The van der Waals surface area contributed by atoms with E-state index < -0.39 is 0 Å². The predicted molar refractivity (Wildman–Crippen MR) is 61.9 cm³/mol. The molecule has 2 aromatic rings. The van der Waals surface area contributed by atoms with Crippen molar-refractivity contribution in [3.8, 4) is 0 Å². The zero-order valence-electron chi connectivity index (χ0n) is 9.72. The van der Waals surface area contributed by atoms with Crippen molar-refractivity contribution in [1.29, 1.82) is 0 Å². The zero-order chi connectivity index (χ0) is 11.4. The first kappa shape index (κ1) is 10.9. The molecule has 0 amide bonds. The maximum Gasteiger partial charge on any atom is 0.0849 e. The van der Waals surface area contributed by atoms with Gasteiger partial charge in [-0.2, -0.15) is 10.2 Å². The Morgan fingerprint density at radius 2 is 2.31 bits per heavy atom. The Kier molecular flexibility index (Phi) is 3.36. The van der Waals surface area contributed by atoms with E-state index in [4.69, 9.17) is 0 Å². The molecule has 0 radical (unpaired) electrons. The summed E-state index contributed by atoms with van der Waals surface area (Å²) in [6, 6.07) is 2.01. The highest BCUT2D eigenvalue weighted by atomic mass is 15.3. The summed E-state index contributed by atoms with van der Waals surface area (Å²) in [5.41, 5.74) is 2.23. The van der Waals surface area contributed by atoms with Crippen LogP contribution in [0.2, 0.25) is 0 Å². The van der Waals surface area contributed by atoms with Gasteiger partial charge in [-0.05, 0) is 12.6 Å². The minimum atomic E-state index is 0.729. The Balaban J connectivity index is 1.97. The van der Waals surface area contributed by atoms with Crippen molar-refractivity contribution in [3.05, 3.63) is 35.9 Å². The third kappa shape index (κ3) is 2.70. The minimum absolute atomic E-state index is 0.729. The van der Waals surface area contributed by atoms with E-state index in [1.54, 1.807) is 4.68 Å². The quantitative estimate of drug-likeness (QED) is 0.808. The third-order valence-corrected chi connectivity index (χ3v) is 2.36. The fourth-order valence-electron chi connectivity index (χ4n) is 1.57. The van der Waals surface area contributed by atoms with E-state index in [1.165, 1.54) is 5.56 Å². The standard InChI is InChI=1S/C11H17N5/c1-3-12-6-10-7-13-16(8-10)9-11-4-5-15(2)14-11/h4-5,7-8,12H,3,6,9H2,1-2H3. The topological polar surface area (TPSA) is 47.7 Å². The van der Waals surface area contributed by atoms with Crippen LogP contribution in [0.1, 0.15) is 18.2 Å². The van der Waals surface area contributed by atoms with Crippen LogP contribution in [0.3, 0.4) is 0 Å². The Morgan fingerprint density at radius 1 is 1.44 bits per heavy atom. The number of hydrogen-bond donors (Lipinski definition) is 1. The molecule has 16 heavy (non-hydrogen) atoms. The number of aromatic nitrogens is 4. The Morgan fingerprint density at radius 3 is 3.00 bits per heavy atom. The fraction of sp³-hybridized carbons (Fsp3) is 0.455. The Labute approximate surface area is 95.1 Å². The molecule has 0 spiro atoms. The second-order valence-corrected chi connectivity index (χ2v) is 3.81. The van der Waals surface area contributed by atoms with Gasteiger partial charge in [0.15, 0.2) is 0 Å². The first-order valence-electron chi connectivity index (χ1n) is 5.48. The van der Waals surface area contributed by atoms with Crippen molar-refractivity contribution in [2.75, 3.05) is 6.54 Å². The Bertz CT molecular complexity index is 443. The highest BCUT2D eigenvalue weighted by Crippen LogP contribution is 2.01. The van der Waals surface area contributed by atoms with Gasteiger partial charge in [-0.3, -0.25) is 9.36 Å². The smallest absolute Gasteiger partial charge is 0.0849 e. The molecule has 0 saturated heterocycles. The summed E-state index contributed by atoms with van der Waals surface area (Å²) in [5.74, 6) is 0. The van der Waals surface area contributed by atoms with Crippen LogP contribution in [0, 0.1) is 0 Å². The predicted octanol–water partition coefficient (Wildman–Crippen LogP) is 0.774. The largest absolute Gasteiger partial charge is 0.313 e. The molecule has 2 aromatic heterocycles. The number of hydrogen-bond acceptors (Lipinski definition) is 3. The van der Waals surface area contributed by atoms with Gasteiger partial charge in [0, 0.05) is 31.5 Å². The van der Waals surface area contributed by atoms with E-state index in [9.17, 15) is 0 Å². The summed E-state index contributed by atoms with van der Waals surface area (Å²) in [7, 11) is 1.92. The van der Waals surface area contributed by atoms with Crippen LogP contribution < -0.4 is 5.32 Å². The lowest BCUT2D eigenvalue weighted by molar-refractivity contribution is 0.648. The number of nitrogens with one attached hydrogen (secondary N) is 1. The van der Waals surface area contributed by atoms with Crippen molar-refractivity contribution < 1.29 is 0 Å². The second kappa shape index (κ2) is 4.94. The third-order valence-electron chi connectivity index (χ3n) is 2.36. The van der Waals surface area contributed by atoms with Gasteiger partial charge in [-0.15, -0.1) is 0 Å². The van der Waals surface area contributed by atoms with E-state index in [-0.39, 0.29) is 0 Å². The monoisotopic (exact) mass is 219 g/mol. The van der Waals surface area contributed by atoms with Crippen LogP contribution in [-0.4, -0.2) is 26.1 Å². The molecular formula is C11H17N5. The van der Waals surface area contributed by atoms with Crippen LogP contribution in [0.5, 0.6) is 0 Å². The lowest BCUT2D eigenvalue weighted by atomic mass is 10.3. The van der Waals surface area contributed by atoms with Crippen LogP contribution in [0.15, 0.2) is 24.7 Å². The maximum absolute atomic E-state index is 4.32. The first-order chi connectivity index (χ1) is 7.78. The SMILES string of the molecule is CCNCc1cnn(Cc2ccn(C)n2)c1. The molecule has 86 valence electrons. The second-order valence-electron chi connectivity index (χ2n) is 3.81. The van der Waals surface area contributed by atoms with Crippen LogP contribution in [0.4, 0.5) is 0 Å². The fourth-order valence-corrected chi connectivity index (χ4v) is 1.57. The highest BCUT2D eigenvalue weighted by molar-refractivity contribution is 5.06. The number of nitrogens with zero attached hydrogens (tertiary/aromatic N) is 4. The van der Waals surface area contributed by atoms with E-state index >= 15 is 0 Å². The maximum atomic E-state index is 4.32. The highest BCUT2D eigenvalue weighted by Gasteiger charge is 2.01. The van der Waals surface area contributed by atoms with Gasteiger partial charge in [0.1, 0.15) is 0 Å². The number of aryl methyl sites for hydroxylation is 1. The van der Waals surface area contributed by atoms with Gasteiger partial charge in [0.05, 0.1) is 18.4 Å². The lowest BCUT2D eigenvalue weighted by Crippen LogP contribution is -2.11. The molecule has 2 heterocycles. The molecule has 0 atom stereocenters. The van der Waals surface area contributed by atoms with Crippen LogP contribution >= 0.6 is 0 Å². The van der Waals surface area contributed by atoms with Gasteiger partial charge in [-0.25, -0.2) is 0 Å². The van der Waals surface area contributed by atoms with E-state index in [0.29, 0.717) is 0 Å². The van der Waals surface area contributed by atoms with Crippen molar-refractivity contribution in [2.45, 2.75) is 20.0 Å². The average molecular weight is 219 g/mol. The normalized spacial score (nSPS) is 10.9. The van der Waals surface area contributed by atoms with Gasteiger partial charge < -0.3 is 5.32 Å². The molecule has 0 fully saturated rings. The average Bonchev–Trinajstić information content (AvgIpc) is 2.86. The van der Waals surface area contributed by atoms with Crippen molar-refractivity contribution >= 4 is 0 Å². The van der Waals surface area contributed by atoms with Gasteiger partial charge in [0.2, 0.25) is 0 Å². The molecule has 1 N–H and O–H groups in total. The molecule has 0 unspecified atom stereocenters. The van der Waals surface area contributed by atoms with E-state index in [0.717, 1.165) is 25.3 Å². The van der Waals surface area contributed by atoms with Crippen molar-refractivity contribution in [3.63, 3.8) is 0 Å². The summed E-state index contributed by atoms with van der Waals surface area (Å²) in [4.78, 5) is 0. The first-order valence-corrected chi connectivity index (χ1v) is 5.48. The summed E-state index contributed by atoms with van der Waals surface area (Å²) >= 11 is 0. The molecule has 0 aromatic carbocycles. The molecule has 0 saturated carbocycles. The molecule has 5 nitrogen and oxygen atoms in total. The summed E-state index contributed by atoms with van der Waals surface area (Å²) in [6.07, 6.45) is 5.89. The lowest BCUT2D eigenvalue weighted by Gasteiger charge is -1.98. The molecule has 5 heteroatoms. The molecule has 0 aliphatic rings. The molecule has 2 rings (SSSR count). The molecule has 0 bridgehead atoms. The van der Waals surface area contributed by atoms with Crippen LogP contribution in [-0.2, 0) is 20.1 Å².